The Kier molecular flexibility index (Phi) is 4.76. The highest BCUT2D eigenvalue weighted by Crippen LogP contribution is 2.49. The Labute approximate surface area is 130 Å². The van der Waals surface area contributed by atoms with E-state index in [9.17, 15) is 0 Å². The highest BCUT2D eigenvalue weighted by atomic mass is 31.1. The average Bonchev–Trinajstić information content (AvgIpc) is 2.96. The predicted octanol–water partition coefficient (Wildman–Crippen LogP) is 4.94. The van der Waals surface area contributed by atoms with Gasteiger partial charge >= 0.3 is 0 Å². The second-order valence-corrected chi connectivity index (χ2v) is 8.94. The summed E-state index contributed by atoms with van der Waals surface area (Å²) in [6, 6.07) is 22.3. The lowest BCUT2D eigenvalue weighted by Crippen LogP contribution is -2.27. The molecule has 0 N–H and O–H groups in total. The first-order chi connectivity index (χ1) is 10.3. The number of hydrogen-bond donors (Lipinski definition) is 0. The molecule has 0 amide bonds. The van der Waals surface area contributed by atoms with E-state index in [1.54, 1.807) is 0 Å². The summed E-state index contributed by atoms with van der Waals surface area (Å²) in [5.74, 6) is 1.77. The maximum absolute atomic E-state index is 2.50. The Hall–Kier alpha value is -1.13. The molecule has 2 unspecified atom stereocenters. The standard InChI is InChI=1S/C20H25P/c1-16-10-9-15-20(16)17(2)21(18-11-5-3-6-12-18)19-13-7-4-8-14-19/h3-8,11-14,16-17,20H,9-10,15H2,1-2H3/t16?,17-,20?/m1/s1. The Morgan fingerprint density at radius 3 is 1.81 bits per heavy atom. The Morgan fingerprint density at radius 2 is 1.38 bits per heavy atom. The predicted molar refractivity (Wildman–Crippen MR) is 95.0 cm³/mol. The topological polar surface area (TPSA) is 0 Å². The molecule has 0 spiro atoms. The van der Waals surface area contributed by atoms with E-state index in [1.165, 1.54) is 29.9 Å². The maximum Gasteiger partial charge on any atom is -0.0126 e. The summed E-state index contributed by atoms with van der Waals surface area (Å²) in [4.78, 5) is 0. The molecule has 0 radical (unpaired) electrons. The molecular weight excluding hydrogens is 271 g/mol. The lowest BCUT2D eigenvalue weighted by molar-refractivity contribution is 0.414. The van der Waals surface area contributed by atoms with Gasteiger partial charge in [-0.15, -0.1) is 0 Å². The molecule has 1 saturated carbocycles. The van der Waals surface area contributed by atoms with Crippen LogP contribution in [0.5, 0.6) is 0 Å². The van der Waals surface area contributed by atoms with E-state index in [0.29, 0.717) is 0 Å². The number of benzene rings is 2. The normalized spacial score (nSPS) is 23.4. The lowest BCUT2D eigenvalue weighted by Gasteiger charge is -2.32. The third-order valence-corrected chi connectivity index (χ3v) is 7.93. The second kappa shape index (κ2) is 6.75. The van der Waals surface area contributed by atoms with Crippen molar-refractivity contribution in [2.24, 2.45) is 11.8 Å². The largest absolute Gasteiger partial charge is 0.0622 e. The van der Waals surface area contributed by atoms with Crippen molar-refractivity contribution in [3.05, 3.63) is 60.7 Å². The molecule has 1 fully saturated rings. The lowest BCUT2D eigenvalue weighted by atomic mass is 9.95. The summed E-state index contributed by atoms with van der Waals surface area (Å²) in [6.07, 6.45) is 4.26. The van der Waals surface area contributed by atoms with Crippen molar-refractivity contribution < 1.29 is 0 Å². The van der Waals surface area contributed by atoms with Gasteiger partial charge in [-0.25, -0.2) is 0 Å². The minimum atomic E-state index is -0.250. The van der Waals surface area contributed by atoms with Gasteiger partial charge in [0, 0.05) is 0 Å². The van der Waals surface area contributed by atoms with Crippen LogP contribution in [-0.4, -0.2) is 5.66 Å². The minimum Gasteiger partial charge on any atom is -0.0622 e. The van der Waals surface area contributed by atoms with Crippen LogP contribution in [0.15, 0.2) is 60.7 Å². The molecule has 0 aromatic heterocycles. The van der Waals surface area contributed by atoms with Crippen LogP contribution in [0.25, 0.3) is 0 Å². The van der Waals surface area contributed by atoms with Crippen LogP contribution in [0.3, 0.4) is 0 Å². The van der Waals surface area contributed by atoms with E-state index in [0.717, 1.165) is 17.5 Å². The van der Waals surface area contributed by atoms with Crippen LogP contribution in [0.4, 0.5) is 0 Å². The maximum atomic E-state index is 2.50. The van der Waals surface area contributed by atoms with Gasteiger partial charge in [-0.3, -0.25) is 0 Å². The highest BCUT2D eigenvalue weighted by molar-refractivity contribution is 7.73. The fraction of sp³-hybridized carbons (Fsp3) is 0.400. The Morgan fingerprint density at radius 1 is 0.857 bits per heavy atom. The fourth-order valence-electron chi connectivity index (χ4n) is 3.88. The molecule has 1 aliphatic carbocycles. The van der Waals surface area contributed by atoms with Crippen molar-refractivity contribution in [3.63, 3.8) is 0 Å². The van der Waals surface area contributed by atoms with E-state index in [2.05, 4.69) is 74.5 Å². The number of hydrogen-bond acceptors (Lipinski definition) is 0. The third-order valence-electron chi connectivity index (χ3n) is 5.02. The van der Waals surface area contributed by atoms with Gasteiger partial charge in [0.2, 0.25) is 0 Å². The summed E-state index contributed by atoms with van der Waals surface area (Å²) in [5.41, 5.74) is 0.766. The molecule has 3 rings (SSSR count). The van der Waals surface area contributed by atoms with Crippen LogP contribution < -0.4 is 10.6 Å². The van der Waals surface area contributed by atoms with E-state index < -0.39 is 0 Å². The Balaban J connectivity index is 1.96. The van der Waals surface area contributed by atoms with Crippen molar-refractivity contribution in [3.8, 4) is 0 Å². The number of rotatable bonds is 4. The summed E-state index contributed by atoms with van der Waals surface area (Å²) in [7, 11) is -0.250. The highest BCUT2D eigenvalue weighted by Gasteiger charge is 2.33. The molecule has 0 nitrogen and oxygen atoms in total. The van der Waals surface area contributed by atoms with Crippen molar-refractivity contribution in [1.82, 2.24) is 0 Å². The molecular formula is C20H25P. The SMILES string of the molecule is CC1CCCC1[C@@H](C)P(c1ccccc1)c1ccccc1. The first-order valence-corrected chi connectivity index (χ1v) is 9.58. The molecule has 110 valence electrons. The first kappa shape index (κ1) is 14.8. The van der Waals surface area contributed by atoms with Gasteiger partial charge in [0.05, 0.1) is 0 Å². The smallest absolute Gasteiger partial charge is 0.0126 e. The van der Waals surface area contributed by atoms with Crippen molar-refractivity contribution in [2.75, 3.05) is 0 Å². The summed E-state index contributed by atoms with van der Waals surface area (Å²) in [6.45, 7) is 4.95. The molecule has 2 aromatic rings. The summed E-state index contributed by atoms with van der Waals surface area (Å²) >= 11 is 0. The molecule has 0 bridgehead atoms. The summed E-state index contributed by atoms with van der Waals surface area (Å²) in [5, 5.41) is 3.07. The van der Waals surface area contributed by atoms with Gasteiger partial charge in [0.25, 0.3) is 0 Å². The van der Waals surface area contributed by atoms with Gasteiger partial charge < -0.3 is 0 Å². The van der Waals surface area contributed by atoms with Crippen LogP contribution in [-0.2, 0) is 0 Å². The Bertz CT molecular complexity index is 509. The summed E-state index contributed by atoms with van der Waals surface area (Å²) < 4.78 is 0. The fourth-order valence-corrected chi connectivity index (χ4v) is 6.93. The van der Waals surface area contributed by atoms with Crippen molar-refractivity contribution >= 4 is 18.5 Å². The van der Waals surface area contributed by atoms with Crippen LogP contribution in [0.2, 0.25) is 0 Å². The van der Waals surface area contributed by atoms with E-state index >= 15 is 0 Å². The van der Waals surface area contributed by atoms with Gasteiger partial charge in [0.1, 0.15) is 0 Å². The molecule has 21 heavy (non-hydrogen) atoms. The molecule has 2 aromatic carbocycles. The van der Waals surface area contributed by atoms with Gasteiger partial charge in [0.15, 0.2) is 0 Å². The molecule has 0 heterocycles. The average molecular weight is 296 g/mol. The monoisotopic (exact) mass is 296 g/mol. The van der Waals surface area contributed by atoms with Crippen molar-refractivity contribution in [2.45, 2.75) is 38.8 Å². The molecule has 3 atom stereocenters. The zero-order chi connectivity index (χ0) is 14.7. The zero-order valence-corrected chi connectivity index (χ0v) is 14.0. The van der Waals surface area contributed by atoms with E-state index in [4.69, 9.17) is 0 Å². The zero-order valence-electron chi connectivity index (χ0n) is 13.1. The minimum absolute atomic E-state index is 0.250. The van der Waals surface area contributed by atoms with Gasteiger partial charge in [-0.1, -0.05) is 87.4 Å². The van der Waals surface area contributed by atoms with Gasteiger partial charge in [-0.05, 0) is 42.4 Å². The van der Waals surface area contributed by atoms with E-state index in [-0.39, 0.29) is 7.92 Å². The molecule has 1 aliphatic rings. The second-order valence-electron chi connectivity index (χ2n) is 6.35. The molecule has 0 saturated heterocycles. The first-order valence-electron chi connectivity index (χ1n) is 8.16. The molecule has 0 aliphatic heterocycles. The quantitative estimate of drug-likeness (QED) is 0.701. The van der Waals surface area contributed by atoms with Gasteiger partial charge in [-0.2, -0.15) is 0 Å². The van der Waals surface area contributed by atoms with Crippen LogP contribution in [0, 0.1) is 11.8 Å². The van der Waals surface area contributed by atoms with E-state index in [1.807, 2.05) is 0 Å². The van der Waals surface area contributed by atoms with Crippen LogP contribution >= 0.6 is 7.92 Å². The molecule has 1 heteroatoms. The third kappa shape index (κ3) is 3.22. The van der Waals surface area contributed by atoms with Crippen LogP contribution in [0.1, 0.15) is 33.1 Å². The van der Waals surface area contributed by atoms with Crippen molar-refractivity contribution in [1.29, 1.82) is 0 Å².